The van der Waals surface area contributed by atoms with Gasteiger partial charge in [0.25, 0.3) is 0 Å². The molecule has 1 N–H and O–H groups in total. The van der Waals surface area contributed by atoms with Crippen molar-refractivity contribution in [2.45, 2.75) is 32.4 Å². The van der Waals surface area contributed by atoms with Crippen molar-refractivity contribution in [3.05, 3.63) is 36.5 Å². The molecule has 0 radical (unpaired) electrons. The highest BCUT2D eigenvalue weighted by molar-refractivity contribution is 5.76. The number of nitrogens with one attached hydrogen (secondary N) is 1. The number of rotatable bonds is 8. The maximum absolute atomic E-state index is 12.0. The highest BCUT2D eigenvalue weighted by Gasteiger charge is 2.17. The van der Waals surface area contributed by atoms with Crippen LogP contribution in [0.15, 0.2) is 35.1 Å². The van der Waals surface area contributed by atoms with E-state index in [9.17, 15) is 4.79 Å². The number of methoxy groups -OCH3 is 1. The zero-order chi connectivity index (χ0) is 18.4. The predicted octanol–water partition coefficient (Wildman–Crippen LogP) is 1.39. The normalized spacial score (nSPS) is 11.9. The van der Waals surface area contributed by atoms with E-state index in [1.807, 2.05) is 24.3 Å². The second-order valence-corrected chi connectivity index (χ2v) is 5.65. The largest absolute Gasteiger partial charge is 0.497 e. The molecule has 2 heterocycles. The summed E-state index contributed by atoms with van der Waals surface area (Å²) in [5.41, 5.74) is 0.806. The van der Waals surface area contributed by atoms with Crippen molar-refractivity contribution in [3.8, 4) is 17.1 Å². The van der Waals surface area contributed by atoms with Gasteiger partial charge in [0.1, 0.15) is 18.1 Å². The molecule has 0 aliphatic rings. The van der Waals surface area contributed by atoms with Gasteiger partial charge in [-0.1, -0.05) is 5.16 Å². The fourth-order valence-electron chi connectivity index (χ4n) is 2.33. The Morgan fingerprint density at radius 2 is 2.15 bits per heavy atom. The number of benzene rings is 1. The van der Waals surface area contributed by atoms with Crippen LogP contribution in [0.5, 0.6) is 5.75 Å². The molecular weight excluding hydrogens is 338 g/mol. The van der Waals surface area contributed by atoms with E-state index in [1.165, 1.54) is 6.33 Å². The first-order valence-corrected chi connectivity index (χ1v) is 8.14. The lowest BCUT2D eigenvalue weighted by Crippen LogP contribution is -2.26. The molecule has 2 aromatic heterocycles. The molecule has 3 aromatic rings. The summed E-state index contributed by atoms with van der Waals surface area (Å²) in [6.45, 7) is 2.38. The first-order chi connectivity index (χ1) is 12.7. The van der Waals surface area contributed by atoms with Crippen LogP contribution >= 0.6 is 0 Å². The molecule has 1 amide bonds. The Bertz CT molecular complexity index is 830. The number of nitrogens with zero attached hydrogens (tertiary/aromatic N) is 6. The number of hydrogen-bond acceptors (Lipinski definition) is 8. The van der Waals surface area contributed by atoms with Gasteiger partial charge in [-0.05, 0) is 48.0 Å². The molecule has 10 nitrogen and oxygen atoms in total. The molecule has 0 bridgehead atoms. The van der Waals surface area contributed by atoms with Crippen LogP contribution in [0.4, 0.5) is 0 Å². The van der Waals surface area contributed by atoms with E-state index in [1.54, 1.807) is 18.7 Å². The molecule has 1 unspecified atom stereocenters. The van der Waals surface area contributed by atoms with Crippen LogP contribution in [0.3, 0.4) is 0 Å². The van der Waals surface area contributed by atoms with E-state index in [0.29, 0.717) is 31.1 Å². The zero-order valence-electron chi connectivity index (χ0n) is 14.5. The Morgan fingerprint density at radius 3 is 2.85 bits per heavy atom. The van der Waals surface area contributed by atoms with E-state index in [-0.39, 0.29) is 11.9 Å². The standard InChI is InChI=1S/C16H19N7O3/c1-11(18-14(24)4-3-9-23-10-17-21-22-23)16-19-15(20-26-16)12-5-7-13(25-2)8-6-12/h5-8,10-11H,3-4,9H2,1-2H3,(H,18,24). The number of amides is 1. The van der Waals surface area contributed by atoms with Gasteiger partial charge >= 0.3 is 0 Å². The minimum atomic E-state index is -0.380. The quantitative estimate of drug-likeness (QED) is 0.642. The molecule has 0 aliphatic heterocycles. The maximum atomic E-state index is 12.0. The molecule has 1 aromatic carbocycles. The molecule has 0 spiro atoms. The van der Waals surface area contributed by atoms with Crippen molar-refractivity contribution >= 4 is 5.91 Å². The lowest BCUT2D eigenvalue weighted by Gasteiger charge is -2.09. The van der Waals surface area contributed by atoms with Gasteiger partial charge in [0.2, 0.25) is 17.6 Å². The topological polar surface area (TPSA) is 121 Å². The number of carbonyl (C=O) groups is 1. The van der Waals surface area contributed by atoms with Crippen molar-refractivity contribution in [1.82, 2.24) is 35.7 Å². The number of aryl methyl sites for hydroxylation is 1. The number of tetrazole rings is 1. The average Bonchev–Trinajstić information content (AvgIpc) is 3.34. The molecule has 0 saturated heterocycles. The van der Waals surface area contributed by atoms with Gasteiger partial charge in [-0.15, -0.1) is 5.10 Å². The Balaban J connectivity index is 1.52. The first-order valence-electron chi connectivity index (χ1n) is 8.14. The van der Waals surface area contributed by atoms with Gasteiger partial charge in [-0.2, -0.15) is 4.98 Å². The Labute approximate surface area is 149 Å². The fraction of sp³-hybridized carbons (Fsp3) is 0.375. The van der Waals surface area contributed by atoms with Gasteiger partial charge in [-0.3, -0.25) is 4.79 Å². The van der Waals surface area contributed by atoms with E-state index < -0.39 is 0 Å². The summed E-state index contributed by atoms with van der Waals surface area (Å²) in [6.07, 6.45) is 2.49. The Kier molecular flexibility index (Phi) is 5.52. The number of hydrogen-bond donors (Lipinski definition) is 1. The summed E-state index contributed by atoms with van der Waals surface area (Å²) < 4.78 is 12.0. The summed E-state index contributed by atoms with van der Waals surface area (Å²) in [6, 6.07) is 6.95. The predicted molar refractivity (Wildman–Crippen MR) is 89.9 cm³/mol. The van der Waals surface area contributed by atoms with Crippen LogP contribution in [0, 0.1) is 0 Å². The minimum Gasteiger partial charge on any atom is -0.497 e. The maximum Gasteiger partial charge on any atom is 0.249 e. The second-order valence-electron chi connectivity index (χ2n) is 5.65. The van der Waals surface area contributed by atoms with E-state index >= 15 is 0 Å². The summed E-state index contributed by atoms with van der Waals surface area (Å²) >= 11 is 0. The van der Waals surface area contributed by atoms with Gasteiger partial charge in [0.05, 0.1) is 7.11 Å². The Morgan fingerprint density at radius 1 is 1.35 bits per heavy atom. The van der Waals surface area contributed by atoms with Crippen LogP contribution in [0.1, 0.15) is 31.7 Å². The fourth-order valence-corrected chi connectivity index (χ4v) is 2.33. The van der Waals surface area contributed by atoms with Gasteiger partial charge in [0, 0.05) is 18.5 Å². The number of ether oxygens (including phenoxy) is 1. The highest BCUT2D eigenvalue weighted by Crippen LogP contribution is 2.21. The van der Waals surface area contributed by atoms with Crippen molar-refractivity contribution in [1.29, 1.82) is 0 Å². The summed E-state index contributed by atoms with van der Waals surface area (Å²) in [5.74, 6) is 1.46. The smallest absolute Gasteiger partial charge is 0.249 e. The molecule has 1 atom stereocenters. The number of aromatic nitrogens is 6. The average molecular weight is 357 g/mol. The van der Waals surface area contributed by atoms with Gasteiger partial charge in [-0.25, -0.2) is 4.68 Å². The van der Waals surface area contributed by atoms with Crippen LogP contribution in [-0.2, 0) is 11.3 Å². The van der Waals surface area contributed by atoms with Crippen LogP contribution in [-0.4, -0.2) is 43.4 Å². The number of carbonyl (C=O) groups excluding carboxylic acids is 1. The monoisotopic (exact) mass is 357 g/mol. The molecule has 3 rings (SSSR count). The molecule has 0 saturated carbocycles. The van der Waals surface area contributed by atoms with Crippen LogP contribution in [0.2, 0.25) is 0 Å². The third kappa shape index (κ3) is 4.41. The van der Waals surface area contributed by atoms with Crippen molar-refractivity contribution in [2.75, 3.05) is 7.11 Å². The van der Waals surface area contributed by atoms with Gasteiger partial charge in [0.15, 0.2) is 0 Å². The second kappa shape index (κ2) is 8.19. The van der Waals surface area contributed by atoms with Crippen molar-refractivity contribution in [3.63, 3.8) is 0 Å². The Hall–Kier alpha value is -3.30. The van der Waals surface area contributed by atoms with Gasteiger partial charge < -0.3 is 14.6 Å². The molecule has 0 aliphatic carbocycles. The van der Waals surface area contributed by atoms with Crippen LogP contribution < -0.4 is 10.1 Å². The summed E-state index contributed by atoms with van der Waals surface area (Å²) in [5, 5.41) is 17.6. The lowest BCUT2D eigenvalue weighted by molar-refractivity contribution is -0.122. The SMILES string of the molecule is COc1ccc(-c2noc(C(C)NC(=O)CCCn3cnnn3)n2)cc1. The molecular formula is C16H19N7O3. The molecule has 26 heavy (non-hydrogen) atoms. The van der Waals surface area contributed by atoms with E-state index in [0.717, 1.165) is 11.3 Å². The lowest BCUT2D eigenvalue weighted by atomic mass is 10.2. The third-order valence-electron chi connectivity index (χ3n) is 3.72. The van der Waals surface area contributed by atoms with Crippen molar-refractivity contribution < 1.29 is 14.1 Å². The van der Waals surface area contributed by atoms with E-state index in [4.69, 9.17) is 9.26 Å². The van der Waals surface area contributed by atoms with E-state index in [2.05, 4.69) is 31.0 Å². The highest BCUT2D eigenvalue weighted by atomic mass is 16.5. The third-order valence-corrected chi connectivity index (χ3v) is 3.72. The van der Waals surface area contributed by atoms with Crippen molar-refractivity contribution in [2.24, 2.45) is 0 Å². The molecule has 10 heteroatoms. The van der Waals surface area contributed by atoms with Crippen LogP contribution in [0.25, 0.3) is 11.4 Å². The minimum absolute atomic E-state index is 0.102. The summed E-state index contributed by atoms with van der Waals surface area (Å²) in [7, 11) is 1.61. The molecule has 136 valence electrons. The summed E-state index contributed by atoms with van der Waals surface area (Å²) in [4.78, 5) is 16.4. The molecule has 0 fully saturated rings. The first kappa shape index (κ1) is 17.5. The zero-order valence-corrected chi connectivity index (χ0v) is 14.5.